The van der Waals surface area contributed by atoms with Gasteiger partial charge in [-0.3, -0.25) is 19.6 Å². The van der Waals surface area contributed by atoms with Gasteiger partial charge >= 0.3 is 6.18 Å². The largest absolute Gasteiger partial charge is 0.416 e. The lowest BCUT2D eigenvalue weighted by atomic mass is 10.0. The van der Waals surface area contributed by atoms with Gasteiger partial charge in [0, 0.05) is 23.4 Å². The Labute approximate surface area is 192 Å². The maximum atomic E-state index is 12.9. The SMILES string of the molecule is CC(NC(=O)c1ccc(NS(=O)(=O)c2cccc([N+](=O)[O-])c2)cc1)c1cccc(C(F)(F)F)c1. The lowest BCUT2D eigenvalue weighted by molar-refractivity contribution is -0.385. The number of nitrogens with zero attached hydrogens (tertiary/aromatic N) is 1. The first-order chi connectivity index (χ1) is 15.9. The molecule has 0 heterocycles. The number of non-ortho nitro benzene ring substituents is 1. The molecular weight excluding hydrogens is 475 g/mol. The fourth-order valence-electron chi connectivity index (χ4n) is 3.02. The number of nitro groups is 1. The van der Waals surface area contributed by atoms with Crippen molar-refractivity contribution in [2.24, 2.45) is 0 Å². The van der Waals surface area contributed by atoms with Crippen LogP contribution >= 0.6 is 0 Å². The third-order valence-corrected chi connectivity index (χ3v) is 6.18. The van der Waals surface area contributed by atoms with Gasteiger partial charge in [-0.25, -0.2) is 8.42 Å². The summed E-state index contributed by atoms with van der Waals surface area (Å²) in [6.07, 6.45) is -4.51. The molecule has 0 saturated carbocycles. The molecule has 1 unspecified atom stereocenters. The number of carbonyl (C=O) groups is 1. The number of nitro benzene ring substituents is 1. The summed E-state index contributed by atoms with van der Waals surface area (Å²) in [5.74, 6) is -0.571. The van der Waals surface area contributed by atoms with Crippen LogP contribution < -0.4 is 10.0 Å². The Morgan fingerprint density at radius 2 is 1.65 bits per heavy atom. The van der Waals surface area contributed by atoms with E-state index in [4.69, 9.17) is 0 Å². The van der Waals surface area contributed by atoms with E-state index in [1.807, 2.05) is 0 Å². The average molecular weight is 493 g/mol. The van der Waals surface area contributed by atoms with Crippen LogP contribution in [-0.4, -0.2) is 19.2 Å². The quantitative estimate of drug-likeness (QED) is 0.358. The minimum Gasteiger partial charge on any atom is -0.346 e. The van der Waals surface area contributed by atoms with E-state index in [1.54, 1.807) is 0 Å². The molecule has 2 N–H and O–H groups in total. The van der Waals surface area contributed by atoms with Gasteiger partial charge in [0.2, 0.25) is 0 Å². The van der Waals surface area contributed by atoms with Crippen molar-refractivity contribution in [1.29, 1.82) is 0 Å². The van der Waals surface area contributed by atoms with E-state index >= 15 is 0 Å². The maximum absolute atomic E-state index is 12.9. The number of rotatable bonds is 7. The van der Waals surface area contributed by atoms with Crippen LogP contribution in [0.4, 0.5) is 24.5 Å². The van der Waals surface area contributed by atoms with E-state index in [-0.39, 0.29) is 27.4 Å². The molecule has 178 valence electrons. The first-order valence-corrected chi connectivity index (χ1v) is 11.2. The standard InChI is InChI=1S/C22H18F3N3O5S/c1-14(16-4-2-5-17(12-16)22(23,24)25)26-21(29)15-8-10-18(11-9-15)27-34(32,33)20-7-3-6-19(13-20)28(30)31/h2-14,27H,1H3,(H,26,29). The second-order valence-electron chi connectivity index (χ2n) is 7.26. The van der Waals surface area contributed by atoms with E-state index in [9.17, 15) is 36.5 Å². The van der Waals surface area contributed by atoms with Crippen LogP contribution in [0.2, 0.25) is 0 Å². The Morgan fingerprint density at radius 1 is 1.00 bits per heavy atom. The molecule has 1 amide bonds. The molecule has 1 atom stereocenters. The summed E-state index contributed by atoms with van der Waals surface area (Å²) in [6, 6.07) is 13.7. The van der Waals surface area contributed by atoms with Gasteiger partial charge in [0.25, 0.3) is 21.6 Å². The third-order valence-electron chi connectivity index (χ3n) is 4.80. The first kappa shape index (κ1) is 24.7. The lowest BCUT2D eigenvalue weighted by Crippen LogP contribution is -2.26. The first-order valence-electron chi connectivity index (χ1n) is 9.72. The van der Waals surface area contributed by atoms with Crippen molar-refractivity contribution in [1.82, 2.24) is 5.32 Å². The second-order valence-corrected chi connectivity index (χ2v) is 8.94. The van der Waals surface area contributed by atoms with E-state index in [0.29, 0.717) is 0 Å². The molecule has 0 saturated heterocycles. The van der Waals surface area contributed by atoms with Gasteiger partial charge in [0.1, 0.15) is 0 Å². The third kappa shape index (κ3) is 5.90. The van der Waals surface area contributed by atoms with Crippen molar-refractivity contribution in [3.05, 3.63) is 99.6 Å². The van der Waals surface area contributed by atoms with Crippen molar-refractivity contribution < 1.29 is 31.3 Å². The molecule has 0 radical (unpaired) electrons. The van der Waals surface area contributed by atoms with Crippen LogP contribution in [0, 0.1) is 10.1 Å². The highest BCUT2D eigenvalue weighted by Gasteiger charge is 2.30. The van der Waals surface area contributed by atoms with Gasteiger partial charge in [0.05, 0.1) is 21.4 Å². The Morgan fingerprint density at radius 3 is 2.26 bits per heavy atom. The molecule has 0 aliphatic carbocycles. The lowest BCUT2D eigenvalue weighted by Gasteiger charge is -2.16. The molecule has 0 aliphatic heterocycles. The van der Waals surface area contributed by atoms with Crippen molar-refractivity contribution >= 4 is 27.3 Å². The number of amides is 1. The summed E-state index contributed by atoms with van der Waals surface area (Å²) in [6.45, 7) is 1.54. The molecule has 3 rings (SSSR count). The summed E-state index contributed by atoms with van der Waals surface area (Å²) in [5, 5.41) is 13.5. The van der Waals surface area contributed by atoms with Crippen molar-refractivity contribution in [2.75, 3.05) is 4.72 Å². The Balaban J connectivity index is 1.70. The van der Waals surface area contributed by atoms with Crippen LogP contribution in [0.25, 0.3) is 0 Å². The number of sulfonamides is 1. The van der Waals surface area contributed by atoms with Crippen molar-refractivity contribution in [3.8, 4) is 0 Å². The van der Waals surface area contributed by atoms with Crippen LogP contribution in [0.15, 0.2) is 77.7 Å². The van der Waals surface area contributed by atoms with E-state index in [0.717, 1.165) is 24.3 Å². The number of anilines is 1. The number of nitrogens with one attached hydrogen (secondary N) is 2. The molecule has 0 aliphatic rings. The number of hydrogen-bond donors (Lipinski definition) is 2. The molecule has 0 aromatic heterocycles. The average Bonchev–Trinajstić information content (AvgIpc) is 2.79. The van der Waals surface area contributed by atoms with Crippen LogP contribution in [0.1, 0.15) is 34.5 Å². The number of hydrogen-bond acceptors (Lipinski definition) is 5. The van der Waals surface area contributed by atoms with Crippen molar-refractivity contribution in [2.45, 2.75) is 24.0 Å². The molecule has 0 bridgehead atoms. The molecule has 12 heteroatoms. The van der Waals surface area contributed by atoms with Gasteiger partial charge < -0.3 is 5.32 Å². The number of carbonyl (C=O) groups excluding carboxylic acids is 1. The van der Waals surface area contributed by atoms with Crippen molar-refractivity contribution in [3.63, 3.8) is 0 Å². The second kappa shape index (κ2) is 9.51. The molecule has 0 fully saturated rings. The van der Waals surface area contributed by atoms with E-state index in [1.165, 1.54) is 55.5 Å². The van der Waals surface area contributed by atoms with Crippen LogP contribution in [0.5, 0.6) is 0 Å². The molecular formula is C22H18F3N3O5S. The van der Waals surface area contributed by atoms with Crippen LogP contribution in [-0.2, 0) is 16.2 Å². The maximum Gasteiger partial charge on any atom is 0.416 e. The van der Waals surface area contributed by atoms with Gasteiger partial charge in [-0.2, -0.15) is 13.2 Å². The summed E-state index contributed by atoms with van der Waals surface area (Å²) in [4.78, 5) is 22.3. The summed E-state index contributed by atoms with van der Waals surface area (Å²) in [5.41, 5.74) is -0.688. The molecule has 34 heavy (non-hydrogen) atoms. The van der Waals surface area contributed by atoms with E-state index in [2.05, 4.69) is 10.0 Å². The van der Waals surface area contributed by atoms with Gasteiger partial charge in [0.15, 0.2) is 0 Å². The number of benzene rings is 3. The topological polar surface area (TPSA) is 118 Å². The summed E-state index contributed by atoms with van der Waals surface area (Å²) >= 11 is 0. The zero-order valence-corrected chi connectivity index (χ0v) is 18.4. The number of halogens is 3. The fraction of sp³-hybridized carbons (Fsp3) is 0.136. The predicted molar refractivity (Wildman–Crippen MR) is 118 cm³/mol. The zero-order chi connectivity index (χ0) is 25.1. The number of alkyl halides is 3. The predicted octanol–water partition coefficient (Wildman–Crippen LogP) is 4.91. The van der Waals surface area contributed by atoms with Gasteiger partial charge in [-0.15, -0.1) is 0 Å². The smallest absolute Gasteiger partial charge is 0.346 e. The summed E-state index contributed by atoms with van der Waals surface area (Å²) < 4.78 is 66.0. The highest BCUT2D eigenvalue weighted by Crippen LogP contribution is 2.30. The minimum absolute atomic E-state index is 0.106. The monoisotopic (exact) mass is 493 g/mol. The minimum atomic E-state index is -4.51. The normalized spacial score (nSPS) is 12.6. The molecule has 3 aromatic rings. The van der Waals surface area contributed by atoms with Gasteiger partial charge in [-0.05, 0) is 55.0 Å². The zero-order valence-electron chi connectivity index (χ0n) is 17.5. The summed E-state index contributed by atoms with van der Waals surface area (Å²) in [7, 11) is -4.12. The Kier molecular flexibility index (Phi) is 6.91. The highest BCUT2D eigenvalue weighted by molar-refractivity contribution is 7.92. The van der Waals surface area contributed by atoms with Gasteiger partial charge in [-0.1, -0.05) is 18.2 Å². The molecule has 3 aromatic carbocycles. The fourth-order valence-corrected chi connectivity index (χ4v) is 4.11. The van der Waals surface area contributed by atoms with Crippen LogP contribution in [0.3, 0.4) is 0 Å². The molecule has 0 spiro atoms. The highest BCUT2D eigenvalue weighted by atomic mass is 32.2. The Bertz CT molecular complexity index is 1330. The Hall–Kier alpha value is -3.93. The van der Waals surface area contributed by atoms with E-state index < -0.39 is 38.6 Å². The molecule has 8 nitrogen and oxygen atoms in total.